The highest BCUT2D eigenvalue weighted by Gasteiger charge is 2.31. The lowest BCUT2D eigenvalue weighted by molar-refractivity contribution is -0.149. The zero-order chi connectivity index (χ0) is 12.1. The molecule has 1 aliphatic heterocycles. The van der Waals surface area contributed by atoms with Gasteiger partial charge < -0.3 is 14.6 Å². The topological polar surface area (TPSA) is 55.8 Å². The Morgan fingerprint density at radius 1 is 1.41 bits per heavy atom. The van der Waals surface area contributed by atoms with E-state index in [9.17, 15) is 9.90 Å². The van der Waals surface area contributed by atoms with Crippen molar-refractivity contribution < 1.29 is 19.4 Å². The van der Waals surface area contributed by atoms with Crippen LogP contribution in [0.1, 0.15) is 18.4 Å². The summed E-state index contributed by atoms with van der Waals surface area (Å²) in [4.78, 5) is 11.0. The Morgan fingerprint density at radius 3 is 2.76 bits per heavy atom. The molecule has 1 aliphatic rings. The van der Waals surface area contributed by atoms with Crippen LogP contribution in [0.2, 0.25) is 0 Å². The van der Waals surface area contributed by atoms with E-state index in [2.05, 4.69) is 0 Å². The SMILES string of the molecule is O=C1CC[C@@H]([C@H](CO)OCc2ccccc2)O1. The third kappa shape index (κ3) is 3.28. The lowest BCUT2D eigenvalue weighted by atomic mass is 10.1. The summed E-state index contributed by atoms with van der Waals surface area (Å²) in [6.45, 7) is 0.283. The van der Waals surface area contributed by atoms with Crippen molar-refractivity contribution in [1.82, 2.24) is 0 Å². The molecule has 1 aromatic carbocycles. The Hall–Kier alpha value is -1.39. The number of benzene rings is 1. The monoisotopic (exact) mass is 236 g/mol. The summed E-state index contributed by atoms with van der Waals surface area (Å²) in [7, 11) is 0. The smallest absolute Gasteiger partial charge is 0.306 e. The van der Waals surface area contributed by atoms with E-state index in [0.29, 0.717) is 19.4 Å². The van der Waals surface area contributed by atoms with E-state index in [1.54, 1.807) is 0 Å². The zero-order valence-corrected chi connectivity index (χ0v) is 9.54. The molecule has 2 atom stereocenters. The van der Waals surface area contributed by atoms with Gasteiger partial charge in [-0.05, 0) is 12.0 Å². The van der Waals surface area contributed by atoms with Crippen molar-refractivity contribution >= 4 is 5.97 Å². The average Bonchev–Trinajstić information content (AvgIpc) is 2.78. The first-order valence-corrected chi connectivity index (χ1v) is 5.75. The van der Waals surface area contributed by atoms with Crippen LogP contribution in [-0.2, 0) is 20.9 Å². The Morgan fingerprint density at radius 2 is 2.18 bits per heavy atom. The van der Waals surface area contributed by atoms with Crippen LogP contribution in [-0.4, -0.2) is 29.9 Å². The molecule has 1 N–H and O–H groups in total. The van der Waals surface area contributed by atoms with E-state index in [-0.39, 0.29) is 18.7 Å². The zero-order valence-electron chi connectivity index (χ0n) is 9.54. The second-order valence-electron chi connectivity index (χ2n) is 4.08. The van der Waals surface area contributed by atoms with E-state index in [1.165, 1.54) is 0 Å². The van der Waals surface area contributed by atoms with Gasteiger partial charge in [0.2, 0.25) is 0 Å². The molecule has 0 bridgehead atoms. The third-order valence-electron chi connectivity index (χ3n) is 2.82. The summed E-state index contributed by atoms with van der Waals surface area (Å²) in [5, 5.41) is 9.23. The molecule has 0 spiro atoms. The van der Waals surface area contributed by atoms with Gasteiger partial charge in [-0.25, -0.2) is 0 Å². The Labute approximate surface area is 100 Å². The molecule has 0 aromatic heterocycles. The van der Waals surface area contributed by atoms with Crippen molar-refractivity contribution in [1.29, 1.82) is 0 Å². The molecule has 0 aliphatic carbocycles. The second-order valence-corrected chi connectivity index (χ2v) is 4.08. The van der Waals surface area contributed by atoms with Crippen LogP contribution in [0.25, 0.3) is 0 Å². The van der Waals surface area contributed by atoms with E-state index >= 15 is 0 Å². The predicted octanol–water partition coefficient (Wildman–Crippen LogP) is 1.27. The molecule has 4 heteroatoms. The lowest BCUT2D eigenvalue weighted by Crippen LogP contribution is -2.32. The molecule has 0 unspecified atom stereocenters. The maximum atomic E-state index is 11.0. The highest BCUT2D eigenvalue weighted by atomic mass is 16.6. The molecule has 0 radical (unpaired) electrons. The van der Waals surface area contributed by atoms with Gasteiger partial charge in [0.15, 0.2) is 0 Å². The quantitative estimate of drug-likeness (QED) is 0.782. The third-order valence-corrected chi connectivity index (χ3v) is 2.82. The first-order chi connectivity index (χ1) is 8.29. The first-order valence-electron chi connectivity index (χ1n) is 5.75. The molecule has 1 saturated heterocycles. The maximum Gasteiger partial charge on any atom is 0.306 e. The van der Waals surface area contributed by atoms with Gasteiger partial charge >= 0.3 is 5.97 Å². The van der Waals surface area contributed by atoms with Crippen LogP contribution in [0, 0.1) is 0 Å². The Kier molecular flexibility index (Phi) is 4.12. The number of esters is 1. The molecule has 0 amide bonds. The molecule has 1 fully saturated rings. The number of cyclic esters (lactones) is 1. The molecule has 1 heterocycles. The van der Waals surface area contributed by atoms with E-state index < -0.39 is 6.10 Å². The van der Waals surface area contributed by atoms with Crippen LogP contribution >= 0.6 is 0 Å². The Balaban J connectivity index is 1.86. The fraction of sp³-hybridized carbons (Fsp3) is 0.462. The van der Waals surface area contributed by atoms with Gasteiger partial charge in [-0.2, -0.15) is 0 Å². The molecular weight excluding hydrogens is 220 g/mol. The van der Waals surface area contributed by atoms with Gasteiger partial charge in [-0.15, -0.1) is 0 Å². The van der Waals surface area contributed by atoms with E-state index in [1.807, 2.05) is 30.3 Å². The van der Waals surface area contributed by atoms with Gasteiger partial charge in [0.1, 0.15) is 12.2 Å². The molecule has 4 nitrogen and oxygen atoms in total. The maximum absolute atomic E-state index is 11.0. The number of ether oxygens (including phenoxy) is 2. The Bertz CT molecular complexity index is 363. The standard InChI is InChI=1S/C13H16O4/c14-8-12(11-6-7-13(15)17-11)16-9-10-4-2-1-3-5-10/h1-5,11-12,14H,6-9H2/t11-,12-/m0/s1. The minimum absolute atomic E-state index is 0.134. The van der Waals surface area contributed by atoms with Crippen LogP contribution < -0.4 is 0 Å². The molecule has 92 valence electrons. The molecule has 2 rings (SSSR count). The van der Waals surface area contributed by atoms with Crippen molar-refractivity contribution in [2.75, 3.05) is 6.61 Å². The summed E-state index contributed by atoms with van der Waals surface area (Å²) in [5.41, 5.74) is 1.04. The van der Waals surface area contributed by atoms with Crippen molar-refractivity contribution in [2.45, 2.75) is 31.7 Å². The minimum Gasteiger partial charge on any atom is -0.459 e. The van der Waals surface area contributed by atoms with Crippen LogP contribution in [0.15, 0.2) is 30.3 Å². The minimum atomic E-state index is -0.429. The highest BCUT2D eigenvalue weighted by molar-refractivity contribution is 5.71. The van der Waals surface area contributed by atoms with Crippen molar-refractivity contribution in [3.8, 4) is 0 Å². The fourth-order valence-corrected chi connectivity index (χ4v) is 1.86. The number of hydrogen-bond donors (Lipinski definition) is 1. The largest absolute Gasteiger partial charge is 0.459 e. The summed E-state index contributed by atoms with van der Waals surface area (Å²) in [6, 6.07) is 9.71. The van der Waals surface area contributed by atoms with E-state index in [4.69, 9.17) is 9.47 Å². The normalized spacial score (nSPS) is 21.2. The summed E-state index contributed by atoms with van der Waals surface area (Å²) in [6.07, 6.45) is 0.298. The van der Waals surface area contributed by atoms with Gasteiger partial charge in [0.05, 0.1) is 13.2 Å². The van der Waals surface area contributed by atoms with Crippen molar-refractivity contribution in [3.63, 3.8) is 0 Å². The summed E-state index contributed by atoms with van der Waals surface area (Å²) < 4.78 is 10.7. The van der Waals surface area contributed by atoms with Crippen LogP contribution in [0.4, 0.5) is 0 Å². The van der Waals surface area contributed by atoms with Gasteiger partial charge in [-0.3, -0.25) is 4.79 Å². The first kappa shape index (κ1) is 12.1. The number of carbonyl (C=O) groups excluding carboxylic acids is 1. The predicted molar refractivity (Wildman–Crippen MR) is 61.2 cm³/mol. The van der Waals surface area contributed by atoms with Crippen LogP contribution in [0.5, 0.6) is 0 Å². The second kappa shape index (κ2) is 5.80. The number of carbonyl (C=O) groups is 1. The molecule has 1 aromatic rings. The molecule has 0 saturated carbocycles. The summed E-state index contributed by atoms with van der Waals surface area (Å²) >= 11 is 0. The number of rotatable bonds is 5. The average molecular weight is 236 g/mol. The number of aliphatic hydroxyl groups is 1. The van der Waals surface area contributed by atoms with Gasteiger partial charge in [0, 0.05) is 6.42 Å². The van der Waals surface area contributed by atoms with E-state index in [0.717, 1.165) is 5.56 Å². The van der Waals surface area contributed by atoms with Crippen LogP contribution in [0.3, 0.4) is 0 Å². The van der Waals surface area contributed by atoms with Crippen molar-refractivity contribution in [2.24, 2.45) is 0 Å². The van der Waals surface area contributed by atoms with Gasteiger partial charge in [-0.1, -0.05) is 30.3 Å². The number of aliphatic hydroxyl groups excluding tert-OH is 1. The van der Waals surface area contributed by atoms with Gasteiger partial charge in [0.25, 0.3) is 0 Å². The highest BCUT2D eigenvalue weighted by Crippen LogP contribution is 2.19. The fourth-order valence-electron chi connectivity index (χ4n) is 1.86. The van der Waals surface area contributed by atoms with Crippen molar-refractivity contribution in [3.05, 3.63) is 35.9 Å². The molecule has 17 heavy (non-hydrogen) atoms. The number of hydrogen-bond acceptors (Lipinski definition) is 4. The lowest BCUT2D eigenvalue weighted by Gasteiger charge is -2.20. The molecular formula is C13H16O4. The summed E-state index contributed by atoms with van der Waals surface area (Å²) in [5.74, 6) is -0.211.